The van der Waals surface area contributed by atoms with Crippen LogP contribution in [0.5, 0.6) is 0 Å². The lowest BCUT2D eigenvalue weighted by Gasteiger charge is -2.58. The molecular formula is C57H103NO5. The van der Waals surface area contributed by atoms with Crippen LogP contribution >= 0.6 is 0 Å². The highest BCUT2D eigenvalue weighted by atomic mass is 16.5. The number of fused-ring (bicyclic) bond motifs is 5. The number of esters is 2. The van der Waals surface area contributed by atoms with Crippen LogP contribution in [0.25, 0.3) is 0 Å². The Labute approximate surface area is 390 Å². The lowest BCUT2D eigenvalue weighted by atomic mass is 9.47. The Kier molecular flexibility index (Phi) is 25.9. The fourth-order valence-corrected chi connectivity index (χ4v) is 13.6. The second kappa shape index (κ2) is 30.1. The van der Waals surface area contributed by atoms with Gasteiger partial charge in [-0.05, 0) is 136 Å². The number of hydrogen-bond acceptors (Lipinski definition) is 6. The van der Waals surface area contributed by atoms with Crippen LogP contribution in [-0.4, -0.2) is 60.9 Å². The fraction of sp³-hybridized carbons (Fsp3) is 0.930. The summed E-state index contributed by atoms with van der Waals surface area (Å²) in [4.78, 5) is 27.6. The van der Waals surface area contributed by atoms with E-state index in [0.717, 1.165) is 106 Å². The van der Waals surface area contributed by atoms with Crippen molar-refractivity contribution in [3.63, 3.8) is 0 Å². The number of allylic oxidation sites excluding steroid dienone is 1. The summed E-state index contributed by atoms with van der Waals surface area (Å²) in [6.45, 7) is 18.0. The maximum absolute atomic E-state index is 13.0. The van der Waals surface area contributed by atoms with Gasteiger partial charge in [0.1, 0.15) is 6.10 Å². The number of aliphatic hydroxyl groups is 1. The van der Waals surface area contributed by atoms with Crippen LogP contribution in [0.15, 0.2) is 11.6 Å². The lowest BCUT2D eigenvalue weighted by molar-refractivity contribution is -0.151. The Balaban J connectivity index is 1.000. The SMILES string of the molecule is CCCCCCCCCCCCCCCCCC(=O)OCCCCN(CCO)CCCCCC(=O)OC1CCC2(C)C(=CCC3C2CCC2(C)C(C(C)CCCC(C)C)CCC32)C1. The molecule has 366 valence electrons. The Bertz CT molecular complexity index is 1280. The summed E-state index contributed by atoms with van der Waals surface area (Å²) in [5.74, 6) is 5.00. The van der Waals surface area contributed by atoms with Gasteiger partial charge in [-0.25, -0.2) is 0 Å². The predicted octanol–water partition coefficient (Wildman–Crippen LogP) is 15.4. The molecule has 6 nitrogen and oxygen atoms in total. The third kappa shape index (κ3) is 18.3. The fourth-order valence-electron chi connectivity index (χ4n) is 13.6. The average molecular weight is 882 g/mol. The van der Waals surface area contributed by atoms with Crippen LogP contribution in [0.3, 0.4) is 0 Å². The van der Waals surface area contributed by atoms with E-state index in [0.29, 0.717) is 31.4 Å². The molecule has 0 saturated heterocycles. The summed E-state index contributed by atoms with van der Waals surface area (Å²) >= 11 is 0. The van der Waals surface area contributed by atoms with Gasteiger partial charge in [-0.1, -0.05) is 169 Å². The van der Waals surface area contributed by atoms with Crippen molar-refractivity contribution in [2.75, 3.05) is 32.8 Å². The number of ether oxygens (including phenoxy) is 2. The summed E-state index contributed by atoms with van der Waals surface area (Å²) in [5, 5.41) is 9.65. The van der Waals surface area contributed by atoms with Gasteiger partial charge in [-0.15, -0.1) is 0 Å². The number of carbonyl (C=O) groups is 2. The Morgan fingerprint density at radius 2 is 1.29 bits per heavy atom. The van der Waals surface area contributed by atoms with Gasteiger partial charge in [0.2, 0.25) is 0 Å². The van der Waals surface area contributed by atoms with Crippen molar-refractivity contribution in [2.24, 2.45) is 46.3 Å². The van der Waals surface area contributed by atoms with Crippen molar-refractivity contribution in [2.45, 2.75) is 260 Å². The molecule has 0 aromatic heterocycles. The van der Waals surface area contributed by atoms with Crippen molar-refractivity contribution in [3.05, 3.63) is 11.6 Å². The molecule has 0 aromatic carbocycles. The second-order valence-electron chi connectivity index (χ2n) is 22.6. The zero-order chi connectivity index (χ0) is 45.3. The molecule has 8 unspecified atom stereocenters. The molecule has 0 heterocycles. The van der Waals surface area contributed by atoms with Gasteiger partial charge >= 0.3 is 11.9 Å². The van der Waals surface area contributed by atoms with Crippen molar-refractivity contribution in [3.8, 4) is 0 Å². The van der Waals surface area contributed by atoms with E-state index in [1.165, 1.54) is 141 Å². The van der Waals surface area contributed by atoms with E-state index in [1.54, 1.807) is 5.57 Å². The number of unbranched alkanes of at least 4 members (excludes halogenated alkanes) is 17. The van der Waals surface area contributed by atoms with Crippen LogP contribution in [-0.2, 0) is 19.1 Å². The summed E-state index contributed by atoms with van der Waals surface area (Å²) in [7, 11) is 0. The highest BCUT2D eigenvalue weighted by Crippen LogP contribution is 2.67. The molecule has 6 heteroatoms. The number of carbonyl (C=O) groups excluding carboxylic acids is 2. The first-order chi connectivity index (χ1) is 30.5. The molecule has 0 spiro atoms. The quantitative estimate of drug-likeness (QED) is 0.0388. The first-order valence-electron chi connectivity index (χ1n) is 27.9. The summed E-state index contributed by atoms with van der Waals surface area (Å²) in [6, 6.07) is 0. The molecule has 1 N–H and O–H groups in total. The molecule has 8 atom stereocenters. The molecule has 4 aliphatic rings. The van der Waals surface area contributed by atoms with Crippen LogP contribution < -0.4 is 0 Å². The number of nitrogens with zero attached hydrogens (tertiary/aromatic N) is 1. The van der Waals surface area contributed by atoms with Crippen molar-refractivity contribution in [1.29, 1.82) is 0 Å². The van der Waals surface area contributed by atoms with E-state index in [2.05, 4.69) is 52.5 Å². The molecule has 0 amide bonds. The van der Waals surface area contributed by atoms with Crippen LogP contribution in [0.2, 0.25) is 0 Å². The molecular weight excluding hydrogens is 779 g/mol. The molecule has 3 saturated carbocycles. The standard InChI is InChI=1S/C57H103NO5/c1-7-8-9-10-11-12-13-14-15-16-17-18-19-20-22-30-54(60)62-44-26-25-41-58(42-43-59)40-24-21-23-31-55(61)63-49-36-38-56(5)48(45-49)32-33-50-52-35-34-51(47(4)29-27-28-46(2)3)57(52,6)39-37-53(50)56/h32,46-47,49-53,59H,7-31,33-45H2,1-6H3. The number of hydrogen-bond donors (Lipinski definition) is 1. The smallest absolute Gasteiger partial charge is 0.306 e. The summed E-state index contributed by atoms with van der Waals surface area (Å²) < 4.78 is 11.7. The number of rotatable bonds is 35. The van der Waals surface area contributed by atoms with Crippen LogP contribution in [0.1, 0.15) is 253 Å². The minimum atomic E-state index is -0.0526. The van der Waals surface area contributed by atoms with Gasteiger partial charge in [-0.3, -0.25) is 9.59 Å². The van der Waals surface area contributed by atoms with Crippen molar-refractivity contribution >= 4 is 11.9 Å². The minimum Gasteiger partial charge on any atom is -0.466 e. The zero-order valence-corrected chi connectivity index (χ0v) is 42.5. The maximum Gasteiger partial charge on any atom is 0.306 e. The molecule has 0 aromatic rings. The molecule has 3 fully saturated rings. The topological polar surface area (TPSA) is 76.1 Å². The normalized spacial score (nSPS) is 27.2. The Morgan fingerprint density at radius 1 is 0.683 bits per heavy atom. The third-order valence-corrected chi connectivity index (χ3v) is 17.4. The Hall–Kier alpha value is -1.40. The van der Waals surface area contributed by atoms with Gasteiger partial charge in [0.25, 0.3) is 0 Å². The van der Waals surface area contributed by atoms with Crippen molar-refractivity contribution < 1.29 is 24.2 Å². The van der Waals surface area contributed by atoms with E-state index in [1.807, 2.05) is 0 Å². The van der Waals surface area contributed by atoms with E-state index < -0.39 is 0 Å². The molecule has 4 rings (SSSR count). The third-order valence-electron chi connectivity index (χ3n) is 17.4. The molecule has 0 radical (unpaired) electrons. The van der Waals surface area contributed by atoms with Gasteiger partial charge in [0.05, 0.1) is 13.2 Å². The number of aliphatic hydroxyl groups excluding tert-OH is 1. The molecule has 0 aliphatic heterocycles. The van der Waals surface area contributed by atoms with Gasteiger partial charge in [0, 0.05) is 25.8 Å². The van der Waals surface area contributed by atoms with Gasteiger partial charge < -0.3 is 19.5 Å². The first kappa shape index (κ1) is 54.2. The average Bonchev–Trinajstić information content (AvgIpc) is 3.62. The largest absolute Gasteiger partial charge is 0.466 e. The highest BCUT2D eigenvalue weighted by Gasteiger charge is 2.59. The van der Waals surface area contributed by atoms with Crippen LogP contribution in [0, 0.1) is 46.3 Å². The summed E-state index contributed by atoms with van der Waals surface area (Å²) in [6.07, 6.45) is 42.5. The Morgan fingerprint density at radius 3 is 1.92 bits per heavy atom. The lowest BCUT2D eigenvalue weighted by Crippen LogP contribution is -2.51. The van der Waals surface area contributed by atoms with E-state index in [4.69, 9.17) is 9.47 Å². The molecule has 63 heavy (non-hydrogen) atoms. The molecule has 4 aliphatic carbocycles. The minimum absolute atomic E-state index is 0.0211. The first-order valence-corrected chi connectivity index (χ1v) is 27.9. The van der Waals surface area contributed by atoms with Crippen LogP contribution in [0.4, 0.5) is 0 Å². The van der Waals surface area contributed by atoms with Gasteiger partial charge in [0.15, 0.2) is 0 Å². The van der Waals surface area contributed by atoms with E-state index in [-0.39, 0.29) is 30.1 Å². The van der Waals surface area contributed by atoms with E-state index >= 15 is 0 Å². The second-order valence-corrected chi connectivity index (χ2v) is 22.6. The molecule has 0 bridgehead atoms. The van der Waals surface area contributed by atoms with Crippen molar-refractivity contribution in [1.82, 2.24) is 4.90 Å². The predicted molar refractivity (Wildman–Crippen MR) is 265 cm³/mol. The zero-order valence-electron chi connectivity index (χ0n) is 42.5. The maximum atomic E-state index is 13.0. The highest BCUT2D eigenvalue weighted by molar-refractivity contribution is 5.69. The monoisotopic (exact) mass is 882 g/mol. The summed E-state index contributed by atoms with van der Waals surface area (Å²) in [5.41, 5.74) is 2.40. The van der Waals surface area contributed by atoms with E-state index in [9.17, 15) is 14.7 Å². The van der Waals surface area contributed by atoms with Gasteiger partial charge in [-0.2, -0.15) is 0 Å².